The first-order valence-electron chi connectivity index (χ1n) is 6.25. The highest BCUT2D eigenvalue weighted by molar-refractivity contribution is 6.42. The highest BCUT2D eigenvalue weighted by Gasteiger charge is 2.16. The molecule has 0 unspecified atom stereocenters. The molecule has 0 radical (unpaired) electrons. The van der Waals surface area contributed by atoms with E-state index in [-0.39, 0.29) is 11.8 Å². The zero-order valence-corrected chi connectivity index (χ0v) is 12.2. The minimum absolute atomic E-state index is 0.0258. The van der Waals surface area contributed by atoms with E-state index in [1.807, 2.05) is 0 Å². The zero-order valence-electron chi connectivity index (χ0n) is 10.7. The Morgan fingerprint density at radius 3 is 2.90 bits per heavy atom. The summed E-state index contributed by atoms with van der Waals surface area (Å²) in [5.41, 5.74) is 0.691. The first kappa shape index (κ1) is 14.9. The second-order valence-electron chi connectivity index (χ2n) is 4.40. The minimum Gasteiger partial charge on any atom is -0.354 e. The van der Waals surface area contributed by atoms with Gasteiger partial charge in [-0.3, -0.25) is 9.59 Å². The van der Waals surface area contributed by atoms with Crippen LogP contribution in [0.1, 0.15) is 12.0 Å². The van der Waals surface area contributed by atoms with Crippen molar-refractivity contribution < 1.29 is 9.59 Å². The zero-order chi connectivity index (χ0) is 14.5. The van der Waals surface area contributed by atoms with Crippen LogP contribution >= 0.6 is 23.2 Å². The molecule has 0 aromatic heterocycles. The van der Waals surface area contributed by atoms with Crippen LogP contribution in [0.25, 0.3) is 6.08 Å². The van der Waals surface area contributed by atoms with Crippen LogP contribution in [-0.4, -0.2) is 36.3 Å². The molecule has 6 heteroatoms. The molecule has 1 aliphatic rings. The number of hydrogen-bond donors (Lipinski definition) is 1. The third kappa shape index (κ3) is 3.74. The van der Waals surface area contributed by atoms with Gasteiger partial charge in [-0.25, -0.2) is 0 Å². The molecule has 4 nitrogen and oxygen atoms in total. The van der Waals surface area contributed by atoms with Crippen molar-refractivity contribution in [2.75, 3.05) is 19.6 Å². The SMILES string of the molecule is O=C1CCN(C(=O)C=Cc2cccc(Cl)c2Cl)CCN1. The molecule has 1 saturated heterocycles. The number of rotatable bonds is 2. The average Bonchev–Trinajstić information content (AvgIpc) is 2.65. The summed E-state index contributed by atoms with van der Waals surface area (Å²) in [7, 11) is 0. The fourth-order valence-corrected chi connectivity index (χ4v) is 2.27. The maximum absolute atomic E-state index is 12.1. The topological polar surface area (TPSA) is 49.4 Å². The highest BCUT2D eigenvalue weighted by atomic mass is 35.5. The molecule has 1 heterocycles. The van der Waals surface area contributed by atoms with Crippen LogP contribution in [0.2, 0.25) is 10.0 Å². The molecule has 1 N–H and O–H groups in total. The monoisotopic (exact) mass is 312 g/mol. The number of benzene rings is 1. The fraction of sp³-hybridized carbons (Fsp3) is 0.286. The first-order valence-corrected chi connectivity index (χ1v) is 7.01. The Kier molecular flexibility index (Phi) is 5.04. The van der Waals surface area contributed by atoms with Crippen LogP contribution in [-0.2, 0) is 9.59 Å². The summed E-state index contributed by atoms with van der Waals surface area (Å²) in [5, 5.41) is 3.60. The van der Waals surface area contributed by atoms with Gasteiger partial charge in [0.2, 0.25) is 11.8 Å². The van der Waals surface area contributed by atoms with Gasteiger partial charge in [-0.2, -0.15) is 0 Å². The van der Waals surface area contributed by atoms with E-state index in [1.54, 1.807) is 29.2 Å². The third-order valence-corrected chi connectivity index (χ3v) is 3.84. The summed E-state index contributed by atoms with van der Waals surface area (Å²) in [5.74, 6) is -0.167. The van der Waals surface area contributed by atoms with Crippen LogP contribution in [0.3, 0.4) is 0 Å². The van der Waals surface area contributed by atoms with E-state index in [1.165, 1.54) is 6.08 Å². The van der Waals surface area contributed by atoms with Crippen molar-refractivity contribution >= 4 is 41.1 Å². The van der Waals surface area contributed by atoms with Crippen molar-refractivity contribution in [3.05, 3.63) is 39.9 Å². The van der Waals surface area contributed by atoms with Gasteiger partial charge in [-0.05, 0) is 17.7 Å². The molecule has 1 fully saturated rings. The number of halogens is 2. The van der Waals surface area contributed by atoms with E-state index >= 15 is 0 Å². The van der Waals surface area contributed by atoms with Crippen molar-refractivity contribution in [3.8, 4) is 0 Å². The van der Waals surface area contributed by atoms with Gasteiger partial charge < -0.3 is 10.2 Å². The molecule has 1 aliphatic heterocycles. The van der Waals surface area contributed by atoms with Crippen molar-refractivity contribution in [2.24, 2.45) is 0 Å². The molecule has 0 bridgehead atoms. The van der Waals surface area contributed by atoms with Crippen LogP contribution in [0, 0.1) is 0 Å². The summed E-state index contributed by atoms with van der Waals surface area (Å²) < 4.78 is 0. The lowest BCUT2D eigenvalue weighted by Gasteiger charge is -2.17. The molecule has 0 saturated carbocycles. The number of nitrogens with zero attached hydrogens (tertiary/aromatic N) is 1. The van der Waals surface area contributed by atoms with Gasteiger partial charge in [0, 0.05) is 32.1 Å². The molecular formula is C14H14Cl2N2O2. The second kappa shape index (κ2) is 6.77. The lowest BCUT2D eigenvalue weighted by Crippen LogP contribution is -2.32. The molecule has 0 aliphatic carbocycles. The van der Waals surface area contributed by atoms with Gasteiger partial charge in [0.15, 0.2) is 0 Å². The van der Waals surface area contributed by atoms with E-state index in [9.17, 15) is 9.59 Å². The Morgan fingerprint density at radius 1 is 1.30 bits per heavy atom. The Balaban J connectivity index is 2.05. The van der Waals surface area contributed by atoms with Gasteiger partial charge in [-0.15, -0.1) is 0 Å². The Hall–Kier alpha value is -1.52. The lowest BCUT2D eigenvalue weighted by molar-refractivity contribution is -0.125. The van der Waals surface area contributed by atoms with Crippen molar-refractivity contribution in [3.63, 3.8) is 0 Å². The number of nitrogens with one attached hydrogen (secondary N) is 1. The Morgan fingerprint density at radius 2 is 2.10 bits per heavy atom. The summed E-state index contributed by atoms with van der Waals surface area (Å²) in [4.78, 5) is 24.9. The molecule has 1 aromatic rings. The van der Waals surface area contributed by atoms with Crippen molar-refractivity contribution in [1.82, 2.24) is 10.2 Å². The standard InChI is InChI=1S/C14H14Cl2N2O2/c15-11-3-1-2-10(14(11)16)4-5-13(20)18-8-6-12(19)17-7-9-18/h1-5H,6-9H2,(H,17,19). The summed E-state index contributed by atoms with van der Waals surface area (Å²) in [6.07, 6.45) is 3.42. The third-order valence-electron chi connectivity index (χ3n) is 3.01. The predicted molar refractivity (Wildman–Crippen MR) is 79.7 cm³/mol. The summed E-state index contributed by atoms with van der Waals surface area (Å²) >= 11 is 12.0. The van der Waals surface area contributed by atoms with E-state index in [0.29, 0.717) is 41.7 Å². The normalized spacial score (nSPS) is 16.1. The van der Waals surface area contributed by atoms with Crippen LogP contribution < -0.4 is 5.32 Å². The van der Waals surface area contributed by atoms with Gasteiger partial charge in [-0.1, -0.05) is 35.3 Å². The molecule has 20 heavy (non-hydrogen) atoms. The van der Waals surface area contributed by atoms with E-state index in [4.69, 9.17) is 23.2 Å². The number of hydrogen-bond acceptors (Lipinski definition) is 2. The first-order chi connectivity index (χ1) is 9.58. The second-order valence-corrected chi connectivity index (χ2v) is 5.19. The van der Waals surface area contributed by atoms with Crippen molar-refractivity contribution in [1.29, 1.82) is 0 Å². The summed E-state index contributed by atoms with van der Waals surface area (Å²) in [6.45, 7) is 1.42. The quantitative estimate of drug-likeness (QED) is 0.852. The van der Waals surface area contributed by atoms with Gasteiger partial charge in [0.25, 0.3) is 0 Å². The smallest absolute Gasteiger partial charge is 0.246 e. The van der Waals surface area contributed by atoms with Crippen LogP contribution in [0.5, 0.6) is 0 Å². The molecule has 2 amide bonds. The molecule has 106 valence electrons. The highest BCUT2D eigenvalue weighted by Crippen LogP contribution is 2.26. The maximum Gasteiger partial charge on any atom is 0.246 e. The Bertz CT molecular complexity index is 558. The summed E-state index contributed by atoms with van der Waals surface area (Å²) in [6, 6.07) is 5.24. The van der Waals surface area contributed by atoms with Gasteiger partial charge in [0.05, 0.1) is 10.0 Å². The minimum atomic E-state index is -0.141. The molecular weight excluding hydrogens is 299 g/mol. The van der Waals surface area contributed by atoms with Crippen LogP contribution in [0.15, 0.2) is 24.3 Å². The predicted octanol–water partition coefficient (Wildman–Crippen LogP) is 2.36. The largest absolute Gasteiger partial charge is 0.354 e. The molecule has 1 aromatic carbocycles. The number of carbonyl (C=O) groups excluding carboxylic acids is 2. The van der Waals surface area contributed by atoms with E-state index in [0.717, 1.165) is 0 Å². The van der Waals surface area contributed by atoms with E-state index < -0.39 is 0 Å². The lowest BCUT2D eigenvalue weighted by atomic mass is 10.2. The number of carbonyl (C=O) groups is 2. The van der Waals surface area contributed by atoms with Crippen LogP contribution in [0.4, 0.5) is 0 Å². The van der Waals surface area contributed by atoms with E-state index in [2.05, 4.69) is 5.32 Å². The number of amides is 2. The molecule has 0 spiro atoms. The van der Waals surface area contributed by atoms with Crippen molar-refractivity contribution in [2.45, 2.75) is 6.42 Å². The average molecular weight is 313 g/mol. The Labute approximate surface area is 127 Å². The maximum atomic E-state index is 12.1. The van der Waals surface area contributed by atoms with Gasteiger partial charge in [0.1, 0.15) is 0 Å². The van der Waals surface area contributed by atoms with Gasteiger partial charge >= 0.3 is 0 Å². The molecule has 0 atom stereocenters. The molecule has 2 rings (SSSR count). The fourth-order valence-electron chi connectivity index (χ4n) is 1.90.